The molecule has 0 unspecified atom stereocenters. The van der Waals surface area contributed by atoms with Crippen molar-refractivity contribution in [1.82, 2.24) is 0 Å². The molecule has 43 heavy (non-hydrogen) atoms. The van der Waals surface area contributed by atoms with Crippen LogP contribution >= 0.6 is 7.92 Å². The normalized spacial score (nSPS) is 11.7. The molecule has 0 fully saturated rings. The Morgan fingerprint density at radius 2 is 1.21 bits per heavy atom. The van der Waals surface area contributed by atoms with Crippen LogP contribution in [-0.4, -0.2) is 17.9 Å². The van der Waals surface area contributed by atoms with Gasteiger partial charge >= 0.3 is 17.3 Å². The first kappa shape index (κ1) is 40.0. The van der Waals surface area contributed by atoms with Gasteiger partial charge in [0.2, 0.25) is 0 Å². The summed E-state index contributed by atoms with van der Waals surface area (Å²) in [6.07, 6.45) is 15.8. The molecule has 0 aromatic heterocycles. The molecule has 3 aromatic rings. The van der Waals surface area contributed by atoms with Crippen LogP contribution in [0.4, 0.5) is 0 Å². The number of hydrogen-bond acceptors (Lipinski definition) is 3. The predicted molar refractivity (Wildman–Crippen MR) is 175 cm³/mol. The van der Waals surface area contributed by atoms with E-state index in [2.05, 4.69) is 105 Å². The van der Waals surface area contributed by atoms with Gasteiger partial charge in [0, 0.05) is 29.4 Å². The van der Waals surface area contributed by atoms with Crippen LogP contribution in [0.15, 0.2) is 115 Å². The Bertz CT molecular complexity index is 1100. The van der Waals surface area contributed by atoms with Crippen molar-refractivity contribution >= 4 is 36.1 Å². The molecule has 1 aliphatic rings. The number of ether oxygens (including phenoxy) is 1. The summed E-state index contributed by atoms with van der Waals surface area (Å²) in [6, 6.07) is 32.3. The summed E-state index contributed by atoms with van der Waals surface area (Å²) >= 11 is 0. The quantitative estimate of drug-likeness (QED) is 0.0570. The van der Waals surface area contributed by atoms with Crippen molar-refractivity contribution in [2.45, 2.75) is 65.4 Å². The van der Waals surface area contributed by atoms with Crippen molar-refractivity contribution in [2.75, 3.05) is 0 Å². The van der Waals surface area contributed by atoms with Crippen molar-refractivity contribution in [3.63, 3.8) is 0 Å². The second-order valence-electron chi connectivity index (χ2n) is 10.4. The fourth-order valence-electron chi connectivity index (χ4n) is 3.93. The van der Waals surface area contributed by atoms with Crippen LogP contribution < -0.4 is 15.9 Å². The summed E-state index contributed by atoms with van der Waals surface area (Å²) in [7, 11) is -0.446. The van der Waals surface area contributed by atoms with Crippen molar-refractivity contribution in [3.05, 3.63) is 128 Å². The number of benzene rings is 3. The summed E-state index contributed by atoms with van der Waals surface area (Å²) in [5.74, 6) is -0.588. The van der Waals surface area contributed by atoms with E-state index in [0.29, 0.717) is 0 Å². The van der Waals surface area contributed by atoms with Gasteiger partial charge in [0.05, 0.1) is 0 Å². The van der Waals surface area contributed by atoms with E-state index in [4.69, 9.17) is 9.39 Å². The first-order valence-corrected chi connectivity index (χ1v) is 15.6. The molecule has 0 bridgehead atoms. The molecule has 4 nitrogen and oxygen atoms in total. The zero-order valence-corrected chi connectivity index (χ0v) is 27.6. The molecule has 0 aliphatic heterocycles. The molecule has 1 aliphatic carbocycles. The minimum absolute atomic E-state index is 0. The number of unbranched alkanes of at least 4 members (excludes halogenated alkanes) is 2. The van der Waals surface area contributed by atoms with Crippen molar-refractivity contribution < 1.29 is 36.0 Å². The third-order valence-electron chi connectivity index (χ3n) is 5.82. The third-order valence-corrected chi connectivity index (χ3v) is 8.27. The number of allylic oxidation sites excluding steroid dienone is 4. The summed E-state index contributed by atoms with van der Waals surface area (Å²) in [6.45, 7) is 12.1. The standard InChI is InChI=1S/C18H15P.C13H23O3.C5H5.CO.Fe/c1-4-10-16(11-5-1)19(17-12-6-2-7-13-17)18-14-8-3-9-15-18;1-5-6-7-8-11(9-10-14)12(15)16-13(2,3)4;1-2-4-5-3-1;1-2;/h1-15H;11H,5-9H2,1-4H3;1-5H;;/q;-1;;;/t;11-;;;/m.1.../s1. The zero-order valence-electron chi connectivity index (χ0n) is 25.6. The van der Waals surface area contributed by atoms with Crippen LogP contribution in [-0.2, 0) is 36.0 Å². The molecule has 0 amide bonds. The Hall–Kier alpha value is -3.03. The van der Waals surface area contributed by atoms with Crippen LogP contribution in [0.1, 0.15) is 59.8 Å². The van der Waals surface area contributed by atoms with Crippen molar-refractivity contribution in [1.29, 1.82) is 0 Å². The van der Waals surface area contributed by atoms with Crippen LogP contribution in [0.3, 0.4) is 0 Å². The average molecular weight is 639 g/mol. The minimum Gasteiger partial charge on any atom is -0.0767 e. The molecule has 229 valence electrons. The SMILES string of the molecule is CCCCC[C@H](C[C-]=O)C(=O)OC(C)(C)C.[C-]#[O+].[CH]1C=CC=C1.[Fe].c1ccc(P(c2ccccc2)c2ccccc2)cc1. The van der Waals surface area contributed by atoms with E-state index >= 15 is 0 Å². The maximum Gasteiger partial charge on any atom is 0.00506 e. The van der Waals surface area contributed by atoms with E-state index in [1.54, 1.807) is 0 Å². The van der Waals surface area contributed by atoms with Crippen LogP contribution in [0.5, 0.6) is 0 Å². The van der Waals surface area contributed by atoms with E-state index in [0.717, 1.165) is 25.7 Å². The Kier molecular flexibility index (Phi) is 22.7. The van der Waals surface area contributed by atoms with E-state index < -0.39 is 13.5 Å². The Labute approximate surface area is 271 Å². The summed E-state index contributed by atoms with van der Waals surface area (Å²) in [5.41, 5.74) is -0.483. The Morgan fingerprint density at radius 3 is 1.51 bits per heavy atom. The number of esters is 1. The molecule has 4 rings (SSSR count). The van der Waals surface area contributed by atoms with Crippen LogP contribution in [0.2, 0.25) is 0 Å². The van der Waals surface area contributed by atoms with E-state index in [1.807, 2.05) is 57.8 Å². The molecule has 0 saturated carbocycles. The largest absolute Gasteiger partial charge is 0.0767 e. The second-order valence-corrected chi connectivity index (χ2v) is 12.6. The van der Waals surface area contributed by atoms with Gasteiger partial charge in [-0.25, -0.2) is 0 Å². The van der Waals surface area contributed by atoms with Crippen molar-refractivity contribution in [2.24, 2.45) is 5.92 Å². The maximum atomic E-state index is 11.7. The van der Waals surface area contributed by atoms with Gasteiger partial charge in [0.15, 0.2) is 0 Å². The average Bonchev–Trinajstić information content (AvgIpc) is 3.60. The molecule has 0 saturated heterocycles. The monoisotopic (exact) mass is 638 g/mol. The number of rotatable bonds is 10. The van der Waals surface area contributed by atoms with Gasteiger partial charge in [-0.15, -0.1) is 6.42 Å². The smallest absolute Gasteiger partial charge is 0.00506 e. The number of carbonyl (C=O) groups excluding carboxylic acids is 2. The van der Waals surface area contributed by atoms with Gasteiger partial charge < -0.3 is 9.53 Å². The molecule has 1 radical (unpaired) electrons. The zero-order chi connectivity index (χ0) is 31.1. The van der Waals surface area contributed by atoms with Crippen molar-refractivity contribution in [3.8, 4) is 0 Å². The first-order valence-electron chi connectivity index (χ1n) is 14.3. The van der Waals surface area contributed by atoms with Gasteiger partial charge in [0.25, 0.3) is 0 Å². The van der Waals surface area contributed by atoms with E-state index in [1.165, 1.54) is 15.9 Å². The molecule has 0 N–H and O–H groups in total. The molecule has 6 heteroatoms. The van der Waals surface area contributed by atoms with Crippen LogP contribution in [0.25, 0.3) is 0 Å². The van der Waals surface area contributed by atoms with Gasteiger partial charge in [0.1, 0.15) is 5.60 Å². The Morgan fingerprint density at radius 1 is 0.791 bits per heavy atom. The number of carbonyl (C=O) groups is 1. The fraction of sp³-hybridized carbons (Fsp3) is 0.297. The summed E-state index contributed by atoms with van der Waals surface area (Å²) < 4.78 is 12.8. The van der Waals surface area contributed by atoms with Gasteiger partial charge in [-0.1, -0.05) is 141 Å². The molecule has 1 atom stereocenters. The van der Waals surface area contributed by atoms with E-state index in [9.17, 15) is 9.59 Å². The molecular formula is C37H43FeO4P-. The van der Waals surface area contributed by atoms with Gasteiger partial charge in [-0.3, -0.25) is 11.1 Å². The number of hydrogen-bond donors (Lipinski definition) is 0. The maximum absolute atomic E-state index is 11.7. The van der Waals surface area contributed by atoms with Gasteiger partial charge in [-0.05, 0) is 51.0 Å². The fourth-order valence-corrected chi connectivity index (χ4v) is 6.23. The molecular weight excluding hydrogens is 595 g/mol. The first-order chi connectivity index (χ1) is 20.4. The minimum atomic E-state index is -0.483. The predicted octanol–water partition coefficient (Wildman–Crippen LogP) is 7.75. The molecule has 0 spiro atoms. The van der Waals surface area contributed by atoms with E-state index in [-0.39, 0.29) is 35.4 Å². The molecule has 0 heterocycles. The van der Waals surface area contributed by atoms with Crippen LogP contribution in [0, 0.1) is 19.0 Å². The topological polar surface area (TPSA) is 63.3 Å². The van der Waals surface area contributed by atoms with Gasteiger partial charge in [-0.2, -0.15) is 0 Å². The Balaban J connectivity index is 0.000000666. The molecule has 3 aromatic carbocycles. The summed E-state index contributed by atoms with van der Waals surface area (Å²) in [5, 5.41) is 4.19. The second kappa shape index (κ2) is 24.4. The third kappa shape index (κ3) is 17.6. The summed E-state index contributed by atoms with van der Waals surface area (Å²) in [4.78, 5) is 22.1.